The van der Waals surface area contributed by atoms with Gasteiger partial charge in [-0.05, 0) is 54.4 Å². The fourth-order valence-electron chi connectivity index (χ4n) is 3.83. The van der Waals surface area contributed by atoms with Crippen molar-refractivity contribution in [3.05, 3.63) is 95.6 Å². The molecule has 2 aromatic carbocycles. The molecule has 0 amide bonds. The lowest BCUT2D eigenvalue weighted by Gasteiger charge is -2.13. The summed E-state index contributed by atoms with van der Waals surface area (Å²) in [5, 5.41) is 3.27. The van der Waals surface area contributed by atoms with E-state index in [-0.39, 0.29) is 12.6 Å². The van der Waals surface area contributed by atoms with Crippen molar-refractivity contribution in [3.8, 4) is 23.1 Å². The number of nitrogens with two attached hydrogens (primary N) is 1. The molecule has 0 saturated heterocycles. The van der Waals surface area contributed by atoms with Crippen LogP contribution < -0.4 is 30.0 Å². The highest BCUT2D eigenvalue weighted by atomic mass is 16.5. The number of hydrogen-bond acceptors (Lipinski definition) is 8. The maximum absolute atomic E-state index is 6.25. The lowest BCUT2D eigenvalue weighted by molar-refractivity contribution is 0.288. The molecule has 3 N–H and O–H groups in total. The van der Waals surface area contributed by atoms with Gasteiger partial charge in [0.2, 0.25) is 11.8 Å². The van der Waals surface area contributed by atoms with Gasteiger partial charge in [0.15, 0.2) is 11.5 Å². The zero-order valence-electron chi connectivity index (χ0n) is 23.5. The van der Waals surface area contributed by atoms with E-state index >= 15 is 0 Å². The number of pyridine rings is 1. The number of rotatable bonds is 11. The smallest absolute Gasteiger partial charge is 0.219 e. The second-order valence-corrected chi connectivity index (χ2v) is 8.82. The summed E-state index contributed by atoms with van der Waals surface area (Å²) >= 11 is 0. The minimum atomic E-state index is 0.112. The van der Waals surface area contributed by atoms with Gasteiger partial charge < -0.3 is 30.0 Å². The van der Waals surface area contributed by atoms with Crippen LogP contribution in [0.1, 0.15) is 22.6 Å². The third kappa shape index (κ3) is 8.65. The topological polar surface area (TPSA) is 138 Å². The summed E-state index contributed by atoms with van der Waals surface area (Å²) in [4.78, 5) is 22.2. The van der Waals surface area contributed by atoms with Crippen LogP contribution in [0, 0.1) is 6.92 Å². The molecule has 11 heteroatoms. The lowest BCUT2D eigenvalue weighted by atomic mass is 10.1. The van der Waals surface area contributed by atoms with Gasteiger partial charge in [-0.2, -0.15) is 4.98 Å². The maximum Gasteiger partial charge on any atom is 0.219 e. The number of ether oxygens (including phenoxy) is 4. The predicted molar refractivity (Wildman–Crippen MR) is 158 cm³/mol. The van der Waals surface area contributed by atoms with E-state index in [1.54, 1.807) is 40.5 Å². The number of benzene rings is 2. The number of nitrogens with zero attached hydrogens (tertiary/aromatic N) is 5. The van der Waals surface area contributed by atoms with Crippen molar-refractivity contribution < 1.29 is 18.9 Å². The van der Waals surface area contributed by atoms with Gasteiger partial charge >= 0.3 is 0 Å². The quantitative estimate of drug-likeness (QED) is 0.204. The number of amidine groups is 1. The number of guanidine groups is 1. The third-order valence-corrected chi connectivity index (χ3v) is 5.83. The Labute approximate surface area is 239 Å². The number of methoxy groups -OCH3 is 3. The van der Waals surface area contributed by atoms with E-state index in [0.29, 0.717) is 47.8 Å². The molecule has 0 saturated carbocycles. The standard InChI is InChI=1S/C30H33N7O4/c1-20-34-28(17-29(35-20)41-19-23-7-5-6-14-32-23)36-27(16-22-10-13-25(39-3)26(15-22)40-4)37-30(31)33-18-21-8-11-24(38-2)12-9-21/h5-15,17H,16,18-19H2,1-4H3,(H3,31,33,34,35,36,37). The Morgan fingerprint density at radius 2 is 1.66 bits per heavy atom. The van der Waals surface area contributed by atoms with Crippen molar-refractivity contribution in [1.29, 1.82) is 0 Å². The van der Waals surface area contributed by atoms with E-state index < -0.39 is 0 Å². The molecule has 0 aliphatic rings. The molecule has 41 heavy (non-hydrogen) atoms. The first-order valence-corrected chi connectivity index (χ1v) is 12.8. The van der Waals surface area contributed by atoms with Gasteiger partial charge in [-0.15, -0.1) is 0 Å². The molecule has 2 heterocycles. The van der Waals surface area contributed by atoms with Crippen LogP contribution in [0.3, 0.4) is 0 Å². The summed E-state index contributed by atoms with van der Waals surface area (Å²) in [6, 6.07) is 20.6. The summed E-state index contributed by atoms with van der Waals surface area (Å²) < 4.78 is 21.9. The van der Waals surface area contributed by atoms with Gasteiger partial charge in [0.1, 0.15) is 29.8 Å². The molecule has 0 aliphatic carbocycles. The largest absolute Gasteiger partial charge is 0.497 e. The summed E-state index contributed by atoms with van der Waals surface area (Å²) in [6.07, 6.45) is 2.10. The second-order valence-electron chi connectivity index (χ2n) is 8.82. The van der Waals surface area contributed by atoms with Gasteiger partial charge in [-0.1, -0.05) is 24.3 Å². The lowest BCUT2D eigenvalue weighted by Crippen LogP contribution is -2.21. The number of aryl methyl sites for hydroxylation is 1. The summed E-state index contributed by atoms with van der Waals surface area (Å²) in [6.45, 7) is 2.42. The SMILES string of the molecule is COc1ccc(CN=C(N)N=C(Cc2ccc(OC)c(OC)c2)Nc2cc(OCc3ccccn3)nc(C)n2)cc1. The average molecular weight is 556 g/mol. The molecule has 0 unspecified atom stereocenters. The first-order valence-electron chi connectivity index (χ1n) is 12.8. The normalized spacial score (nSPS) is 11.6. The molecular weight excluding hydrogens is 522 g/mol. The predicted octanol–water partition coefficient (Wildman–Crippen LogP) is 4.35. The Morgan fingerprint density at radius 1 is 0.878 bits per heavy atom. The fourth-order valence-corrected chi connectivity index (χ4v) is 3.83. The van der Waals surface area contributed by atoms with Crippen molar-refractivity contribution in [3.63, 3.8) is 0 Å². The molecule has 2 aromatic heterocycles. The van der Waals surface area contributed by atoms with Crippen molar-refractivity contribution in [2.45, 2.75) is 26.5 Å². The fraction of sp³-hybridized carbons (Fsp3) is 0.233. The summed E-state index contributed by atoms with van der Waals surface area (Å²) in [5.41, 5.74) is 8.92. The summed E-state index contributed by atoms with van der Waals surface area (Å²) in [7, 11) is 4.81. The van der Waals surface area contributed by atoms with Crippen LogP contribution in [0.2, 0.25) is 0 Å². The van der Waals surface area contributed by atoms with E-state index in [4.69, 9.17) is 24.7 Å². The van der Waals surface area contributed by atoms with Crippen LogP contribution in [0.4, 0.5) is 5.82 Å². The van der Waals surface area contributed by atoms with E-state index in [2.05, 4.69) is 30.3 Å². The van der Waals surface area contributed by atoms with Crippen molar-refractivity contribution in [1.82, 2.24) is 15.0 Å². The Hall–Kier alpha value is -5.19. The van der Waals surface area contributed by atoms with Gasteiger partial charge in [0.05, 0.1) is 33.6 Å². The van der Waals surface area contributed by atoms with Gasteiger partial charge in [0, 0.05) is 18.7 Å². The monoisotopic (exact) mass is 555 g/mol. The highest BCUT2D eigenvalue weighted by molar-refractivity contribution is 6.03. The number of aliphatic imine (C=N–C) groups is 2. The minimum Gasteiger partial charge on any atom is -0.497 e. The van der Waals surface area contributed by atoms with Crippen molar-refractivity contribution >= 4 is 17.6 Å². The average Bonchev–Trinajstić information content (AvgIpc) is 2.99. The Balaban J connectivity index is 1.58. The Kier molecular flexibility index (Phi) is 10.0. The molecule has 0 spiro atoms. The first-order chi connectivity index (χ1) is 19.9. The molecule has 212 valence electrons. The van der Waals surface area contributed by atoms with Crippen molar-refractivity contribution in [2.24, 2.45) is 15.7 Å². The molecular formula is C30H33N7O4. The molecule has 0 bridgehead atoms. The molecule has 0 atom stereocenters. The van der Waals surface area contributed by atoms with E-state index in [9.17, 15) is 0 Å². The van der Waals surface area contributed by atoms with E-state index in [1.807, 2.05) is 60.7 Å². The zero-order chi connectivity index (χ0) is 29.0. The van der Waals surface area contributed by atoms with Gasteiger partial charge in [-0.25, -0.2) is 15.0 Å². The van der Waals surface area contributed by atoms with Crippen LogP contribution in [0.5, 0.6) is 23.1 Å². The Bertz CT molecular complexity index is 1490. The molecule has 4 aromatic rings. The van der Waals surface area contributed by atoms with Crippen LogP contribution in [0.15, 0.2) is 82.9 Å². The minimum absolute atomic E-state index is 0.112. The van der Waals surface area contributed by atoms with Crippen molar-refractivity contribution in [2.75, 3.05) is 26.6 Å². The molecule has 0 fully saturated rings. The third-order valence-electron chi connectivity index (χ3n) is 5.83. The highest BCUT2D eigenvalue weighted by Gasteiger charge is 2.11. The van der Waals surface area contributed by atoms with Gasteiger partial charge in [0.25, 0.3) is 0 Å². The zero-order valence-corrected chi connectivity index (χ0v) is 23.5. The molecule has 11 nitrogen and oxygen atoms in total. The highest BCUT2D eigenvalue weighted by Crippen LogP contribution is 2.28. The van der Waals surface area contributed by atoms with E-state index in [0.717, 1.165) is 22.6 Å². The number of anilines is 1. The number of aromatic nitrogens is 3. The maximum atomic E-state index is 6.25. The molecule has 4 rings (SSSR count). The molecule has 0 radical (unpaired) electrons. The Morgan fingerprint density at radius 3 is 2.37 bits per heavy atom. The van der Waals surface area contributed by atoms with Crippen LogP contribution in [-0.4, -0.2) is 48.1 Å². The second kappa shape index (κ2) is 14.3. The first kappa shape index (κ1) is 28.8. The van der Waals surface area contributed by atoms with Crippen LogP contribution in [-0.2, 0) is 19.6 Å². The number of hydrogen-bond donors (Lipinski definition) is 2. The van der Waals surface area contributed by atoms with Gasteiger partial charge in [-0.3, -0.25) is 4.98 Å². The van der Waals surface area contributed by atoms with Crippen LogP contribution >= 0.6 is 0 Å². The molecule has 0 aliphatic heterocycles. The van der Waals surface area contributed by atoms with Crippen LogP contribution in [0.25, 0.3) is 0 Å². The van der Waals surface area contributed by atoms with E-state index in [1.165, 1.54) is 0 Å². The summed E-state index contributed by atoms with van der Waals surface area (Å²) in [5.74, 6) is 4.06. The number of nitrogens with one attached hydrogen (secondary N) is 1.